The van der Waals surface area contributed by atoms with Crippen LogP contribution in [0.25, 0.3) is 11.0 Å². The highest BCUT2D eigenvalue weighted by Gasteiger charge is 2.00. The molecule has 1 aromatic heterocycles. The highest BCUT2D eigenvalue weighted by atomic mass is 16.1. The molecule has 0 amide bonds. The lowest BCUT2D eigenvalue weighted by molar-refractivity contribution is 0.112. The van der Waals surface area contributed by atoms with Gasteiger partial charge in [-0.15, -0.1) is 0 Å². The van der Waals surface area contributed by atoms with E-state index in [9.17, 15) is 4.79 Å². The van der Waals surface area contributed by atoms with Crippen molar-refractivity contribution < 1.29 is 4.79 Å². The van der Waals surface area contributed by atoms with Crippen molar-refractivity contribution in [3.05, 3.63) is 29.6 Å². The average Bonchev–Trinajstić information content (AvgIpc) is 2.58. The van der Waals surface area contributed by atoms with Crippen LogP contribution in [0.1, 0.15) is 23.1 Å². The normalized spacial score (nSPS) is 10.5. The van der Waals surface area contributed by atoms with Crippen molar-refractivity contribution in [2.45, 2.75) is 13.3 Å². The van der Waals surface area contributed by atoms with E-state index in [4.69, 9.17) is 0 Å². The Hall–Kier alpha value is -1.64. The molecule has 66 valence electrons. The molecule has 2 aromatic rings. The lowest BCUT2D eigenvalue weighted by Gasteiger charge is -1.88. The molecule has 0 aliphatic heterocycles. The molecule has 0 atom stereocenters. The smallest absolute Gasteiger partial charge is 0.150 e. The van der Waals surface area contributed by atoms with E-state index in [1.54, 1.807) is 6.07 Å². The molecular weight excluding hydrogens is 164 g/mol. The minimum atomic E-state index is 0.679. The first kappa shape index (κ1) is 7.98. The molecule has 3 heteroatoms. The maximum Gasteiger partial charge on any atom is 0.150 e. The van der Waals surface area contributed by atoms with E-state index in [2.05, 4.69) is 9.97 Å². The Balaban J connectivity index is 2.63. The van der Waals surface area contributed by atoms with E-state index in [1.165, 1.54) is 0 Å². The highest BCUT2D eigenvalue weighted by molar-refractivity contribution is 5.84. The Labute approximate surface area is 75.8 Å². The molecule has 0 bridgehead atoms. The molecule has 0 aliphatic rings. The zero-order valence-electron chi connectivity index (χ0n) is 7.37. The van der Waals surface area contributed by atoms with Gasteiger partial charge in [-0.2, -0.15) is 0 Å². The maximum atomic E-state index is 10.5. The summed E-state index contributed by atoms with van der Waals surface area (Å²) in [5, 5.41) is 0. The van der Waals surface area contributed by atoms with Crippen molar-refractivity contribution in [1.29, 1.82) is 0 Å². The van der Waals surface area contributed by atoms with Crippen molar-refractivity contribution in [1.82, 2.24) is 9.97 Å². The van der Waals surface area contributed by atoms with E-state index < -0.39 is 0 Å². The maximum absolute atomic E-state index is 10.5. The van der Waals surface area contributed by atoms with Crippen LogP contribution in [-0.4, -0.2) is 16.3 Å². The Bertz CT molecular complexity index is 445. The predicted molar refractivity (Wildman–Crippen MR) is 50.9 cm³/mol. The third kappa shape index (κ3) is 1.33. The lowest BCUT2D eigenvalue weighted by atomic mass is 10.2. The number of nitrogens with one attached hydrogen (secondary N) is 1. The summed E-state index contributed by atoms with van der Waals surface area (Å²) in [6.07, 6.45) is 1.72. The van der Waals surface area contributed by atoms with Crippen LogP contribution in [0, 0.1) is 0 Å². The van der Waals surface area contributed by atoms with Gasteiger partial charge in [0.1, 0.15) is 12.1 Å². The molecule has 0 spiro atoms. The molecule has 2 rings (SSSR count). The number of H-pyrrole nitrogens is 1. The molecule has 0 unspecified atom stereocenters. The van der Waals surface area contributed by atoms with Crippen molar-refractivity contribution in [3.63, 3.8) is 0 Å². The summed E-state index contributed by atoms with van der Waals surface area (Å²) in [4.78, 5) is 18.0. The predicted octanol–water partition coefficient (Wildman–Crippen LogP) is 1.94. The molecule has 0 aliphatic carbocycles. The first-order valence-corrected chi connectivity index (χ1v) is 4.27. The molecule has 1 aromatic carbocycles. The van der Waals surface area contributed by atoms with Crippen LogP contribution < -0.4 is 0 Å². The van der Waals surface area contributed by atoms with E-state index in [0.717, 1.165) is 29.6 Å². The van der Waals surface area contributed by atoms with Gasteiger partial charge in [-0.1, -0.05) is 6.92 Å². The number of aldehydes is 1. The fraction of sp³-hybridized carbons (Fsp3) is 0.200. The number of hydrogen-bond acceptors (Lipinski definition) is 2. The summed E-state index contributed by atoms with van der Waals surface area (Å²) in [5.41, 5.74) is 2.53. The zero-order valence-corrected chi connectivity index (χ0v) is 7.37. The molecule has 1 N–H and O–H groups in total. The first-order valence-electron chi connectivity index (χ1n) is 4.27. The van der Waals surface area contributed by atoms with E-state index in [1.807, 2.05) is 19.1 Å². The number of rotatable bonds is 2. The number of fused-ring (bicyclic) bond motifs is 1. The summed E-state index contributed by atoms with van der Waals surface area (Å²) in [7, 11) is 0. The number of carbonyl (C=O) groups is 1. The number of aryl methyl sites for hydroxylation is 1. The van der Waals surface area contributed by atoms with Crippen molar-refractivity contribution in [2.75, 3.05) is 0 Å². The van der Waals surface area contributed by atoms with Gasteiger partial charge in [0.25, 0.3) is 0 Å². The van der Waals surface area contributed by atoms with Crippen LogP contribution in [0.4, 0.5) is 0 Å². The third-order valence-electron chi connectivity index (χ3n) is 2.03. The molecule has 1 heterocycles. The number of aromatic nitrogens is 2. The summed E-state index contributed by atoms with van der Waals surface area (Å²) in [5.74, 6) is 0.957. The monoisotopic (exact) mass is 174 g/mol. The summed E-state index contributed by atoms with van der Waals surface area (Å²) in [6, 6.07) is 5.44. The van der Waals surface area contributed by atoms with Gasteiger partial charge in [0.05, 0.1) is 11.0 Å². The Kier molecular flexibility index (Phi) is 1.85. The molecule has 3 nitrogen and oxygen atoms in total. The minimum absolute atomic E-state index is 0.679. The van der Waals surface area contributed by atoms with E-state index in [-0.39, 0.29) is 0 Å². The molecule has 0 saturated carbocycles. The number of benzene rings is 1. The average molecular weight is 174 g/mol. The number of carbonyl (C=O) groups excluding carboxylic acids is 1. The fourth-order valence-electron chi connectivity index (χ4n) is 1.32. The standard InChI is InChI=1S/C10H10N2O/c1-2-10-11-8-4-3-7(6-13)5-9(8)12-10/h3-6H,2H2,1H3,(H,11,12). The zero-order chi connectivity index (χ0) is 9.26. The molecule has 0 radical (unpaired) electrons. The quantitative estimate of drug-likeness (QED) is 0.707. The van der Waals surface area contributed by atoms with Crippen LogP contribution in [0.2, 0.25) is 0 Å². The van der Waals surface area contributed by atoms with E-state index in [0.29, 0.717) is 5.56 Å². The Morgan fingerprint density at radius 2 is 2.38 bits per heavy atom. The number of nitrogens with zero attached hydrogens (tertiary/aromatic N) is 1. The van der Waals surface area contributed by atoms with Crippen LogP contribution >= 0.6 is 0 Å². The molecule has 13 heavy (non-hydrogen) atoms. The number of hydrogen-bond donors (Lipinski definition) is 1. The van der Waals surface area contributed by atoms with Crippen molar-refractivity contribution in [2.24, 2.45) is 0 Å². The SMILES string of the molecule is CCc1nc2ccc(C=O)cc2[nH]1. The first-order chi connectivity index (χ1) is 6.33. The number of aromatic amines is 1. The van der Waals surface area contributed by atoms with Gasteiger partial charge in [0.2, 0.25) is 0 Å². The van der Waals surface area contributed by atoms with Crippen LogP contribution in [0.5, 0.6) is 0 Å². The summed E-state index contributed by atoms with van der Waals surface area (Å²) in [6.45, 7) is 2.04. The third-order valence-corrected chi connectivity index (χ3v) is 2.03. The van der Waals surface area contributed by atoms with Gasteiger partial charge in [0.15, 0.2) is 0 Å². The largest absolute Gasteiger partial charge is 0.342 e. The van der Waals surface area contributed by atoms with E-state index >= 15 is 0 Å². The number of imidazole rings is 1. The fourth-order valence-corrected chi connectivity index (χ4v) is 1.32. The molecule has 0 fully saturated rings. The highest BCUT2D eigenvalue weighted by Crippen LogP contribution is 2.12. The molecular formula is C10H10N2O. The minimum Gasteiger partial charge on any atom is -0.342 e. The van der Waals surface area contributed by atoms with Gasteiger partial charge in [-0.3, -0.25) is 4.79 Å². The molecule has 0 saturated heterocycles. The second kappa shape index (κ2) is 3.01. The van der Waals surface area contributed by atoms with Crippen LogP contribution in [0.15, 0.2) is 18.2 Å². The second-order valence-electron chi connectivity index (χ2n) is 2.93. The van der Waals surface area contributed by atoms with Crippen LogP contribution in [0.3, 0.4) is 0 Å². The summed E-state index contributed by atoms with van der Waals surface area (Å²) < 4.78 is 0. The topological polar surface area (TPSA) is 45.8 Å². The van der Waals surface area contributed by atoms with Gasteiger partial charge < -0.3 is 4.98 Å². The van der Waals surface area contributed by atoms with Gasteiger partial charge >= 0.3 is 0 Å². The van der Waals surface area contributed by atoms with Gasteiger partial charge in [-0.25, -0.2) is 4.98 Å². The summed E-state index contributed by atoms with van der Waals surface area (Å²) >= 11 is 0. The Morgan fingerprint density at radius 3 is 3.08 bits per heavy atom. The van der Waals surface area contributed by atoms with Gasteiger partial charge in [-0.05, 0) is 18.2 Å². The Morgan fingerprint density at radius 1 is 1.54 bits per heavy atom. The lowest BCUT2D eigenvalue weighted by Crippen LogP contribution is -1.79. The van der Waals surface area contributed by atoms with Crippen molar-refractivity contribution in [3.8, 4) is 0 Å². The van der Waals surface area contributed by atoms with Crippen molar-refractivity contribution >= 4 is 17.3 Å². The van der Waals surface area contributed by atoms with Crippen LogP contribution in [-0.2, 0) is 6.42 Å². The van der Waals surface area contributed by atoms with Gasteiger partial charge in [0, 0.05) is 12.0 Å². The second-order valence-corrected chi connectivity index (χ2v) is 2.93.